The van der Waals surface area contributed by atoms with Crippen LogP contribution in [-0.4, -0.2) is 23.6 Å². The minimum Gasteiger partial charge on any atom is -0.389 e. The number of primary amides is 1. The molecule has 0 spiro atoms. The van der Waals surface area contributed by atoms with Gasteiger partial charge in [-0.2, -0.15) is 0 Å². The molecule has 2 atom stereocenters. The second kappa shape index (κ2) is 4.75. The van der Waals surface area contributed by atoms with E-state index in [1.807, 2.05) is 29.2 Å². The fraction of sp³-hybridized carbons (Fsp3) is 0.462. The van der Waals surface area contributed by atoms with Gasteiger partial charge in [0.05, 0.1) is 6.10 Å². The summed E-state index contributed by atoms with van der Waals surface area (Å²) < 4.78 is 0. The lowest BCUT2D eigenvalue weighted by Crippen LogP contribution is -2.40. The summed E-state index contributed by atoms with van der Waals surface area (Å²) in [5.74, 6) is -0.289. The van der Waals surface area contributed by atoms with Crippen LogP contribution in [-0.2, 0) is 4.79 Å². The number of aliphatic hydroxyl groups is 1. The smallest absolute Gasteiger partial charge is 0.240 e. The number of hydrogen-bond acceptors (Lipinski definition) is 3. The average molecular weight is 234 g/mol. The first kappa shape index (κ1) is 11.9. The Morgan fingerprint density at radius 1 is 1.53 bits per heavy atom. The van der Waals surface area contributed by atoms with Crippen molar-refractivity contribution in [2.24, 2.45) is 5.73 Å². The number of carbonyl (C=O) groups excluding carboxylic acids is 1. The van der Waals surface area contributed by atoms with Gasteiger partial charge in [-0.15, -0.1) is 0 Å². The Kier molecular flexibility index (Phi) is 3.33. The van der Waals surface area contributed by atoms with Crippen LogP contribution in [0.3, 0.4) is 0 Å². The normalized spacial score (nSPS) is 21.5. The van der Waals surface area contributed by atoms with Crippen molar-refractivity contribution < 1.29 is 9.90 Å². The van der Waals surface area contributed by atoms with Gasteiger partial charge < -0.3 is 15.7 Å². The molecule has 4 heteroatoms. The minimum absolute atomic E-state index is 0.241. The van der Waals surface area contributed by atoms with E-state index in [0.717, 1.165) is 30.6 Å². The molecule has 17 heavy (non-hydrogen) atoms. The number of amides is 1. The summed E-state index contributed by atoms with van der Waals surface area (Å²) in [4.78, 5) is 13.4. The first-order valence-electron chi connectivity index (χ1n) is 5.94. The number of nitrogens with two attached hydrogens (primary N) is 1. The van der Waals surface area contributed by atoms with E-state index >= 15 is 0 Å². The van der Waals surface area contributed by atoms with Crippen LogP contribution in [0.5, 0.6) is 0 Å². The third-order valence-electron chi connectivity index (χ3n) is 3.28. The monoisotopic (exact) mass is 234 g/mol. The molecule has 0 aliphatic carbocycles. The van der Waals surface area contributed by atoms with E-state index in [-0.39, 0.29) is 11.9 Å². The standard InChI is InChI=1S/C13H18N2O2/c1-9(16)10-5-2-3-6-11(10)15-8-4-7-12(15)13(14)17/h2-3,5-6,9,12,16H,4,7-8H2,1H3,(H2,14,17). The Balaban J connectivity index is 2.36. The first-order chi connectivity index (χ1) is 8.11. The molecule has 4 nitrogen and oxygen atoms in total. The van der Waals surface area contributed by atoms with Gasteiger partial charge in [0.15, 0.2) is 0 Å². The highest BCUT2D eigenvalue weighted by atomic mass is 16.3. The molecule has 2 rings (SSSR count). The average Bonchev–Trinajstić information content (AvgIpc) is 2.77. The molecular weight excluding hydrogens is 216 g/mol. The van der Waals surface area contributed by atoms with Gasteiger partial charge in [-0.3, -0.25) is 4.79 Å². The number of carbonyl (C=O) groups is 1. The highest BCUT2D eigenvalue weighted by molar-refractivity contribution is 5.84. The molecular formula is C13H18N2O2. The molecule has 1 aliphatic rings. The Morgan fingerprint density at radius 2 is 2.24 bits per heavy atom. The lowest BCUT2D eigenvalue weighted by Gasteiger charge is -2.27. The van der Waals surface area contributed by atoms with Gasteiger partial charge in [-0.25, -0.2) is 0 Å². The fourth-order valence-electron chi connectivity index (χ4n) is 2.45. The largest absolute Gasteiger partial charge is 0.389 e. The number of nitrogens with zero attached hydrogens (tertiary/aromatic N) is 1. The predicted molar refractivity (Wildman–Crippen MR) is 66.6 cm³/mol. The van der Waals surface area contributed by atoms with Crippen LogP contribution in [0, 0.1) is 0 Å². The summed E-state index contributed by atoms with van der Waals surface area (Å²) >= 11 is 0. The third-order valence-corrected chi connectivity index (χ3v) is 3.28. The van der Waals surface area contributed by atoms with Crippen LogP contribution >= 0.6 is 0 Å². The Morgan fingerprint density at radius 3 is 2.88 bits per heavy atom. The molecule has 3 N–H and O–H groups in total. The third kappa shape index (κ3) is 2.26. The second-order valence-corrected chi connectivity index (χ2v) is 4.49. The molecule has 0 radical (unpaired) electrons. The van der Waals surface area contributed by atoms with Crippen molar-refractivity contribution in [2.75, 3.05) is 11.4 Å². The van der Waals surface area contributed by atoms with Crippen LogP contribution < -0.4 is 10.6 Å². The Labute approximate surface area is 101 Å². The maximum atomic E-state index is 11.4. The van der Waals surface area contributed by atoms with Gasteiger partial charge >= 0.3 is 0 Å². The van der Waals surface area contributed by atoms with E-state index in [9.17, 15) is 9.90 Å². The van der Waals surface area contributed by atoms with E-state index in [1.165, 1.54) is 0 Å². The van der Waals surface area contributed by atoms with Crippen LogP contribution in [0.4, 0.5) is 5.69 Å². The highest BCUT2D eigenvalue weighted by Crippen LogP contribution is 2.31. The van der Waals surface area contributed by atoms with Gasteiger partial charge in [0.2, 0.25) is 5.91 Å². The van der Waals surface area contributed by atoms with Crippen LogP contribution in [0.15, 0.2) is 24.3 Å². The van der Waals surface area contributed by atoms with Gasteiger partial charge in [-0.05, 0) is 25.8 Å². The van der Waals surface area contributed by atoms with E-state index in [0.29, 0.717) is 0 Å². The molecule has 1 fully saturated rings. The molecule has 0 bridgehead atoms. The van der Waals surface area contributed by atoms with Crippen molar-refractivity contribution in [2.45, 2.75) is 31.9 Å². The second-order valence-electron chi connectivity index (χ2n) is 4.49. The molecule has 1 aliphatic heterocycles. The zero-order chi connectivity index (χ0) is 12.4. The molecule has 0 saturated carbocycles. The fourth-order valence-corrected chi connectivity index (χ4v) is 2.45. The number of aliphatic hydroxyl groups excluding tert-OH is 1. The first-order valence-corrected chi connectivity index (χ1v) is 5.94. The zero-order valence-corrected chi connectivity index (χ0v) is 9.97. The molecule has 1 aromatic rings. The molecule has 0 aromatic heterocycles. The molecule has 1 saturated heterocycles. The molecule has 1 heterocycles. The van der Waals surface area contributed by atoms with Gasteiger partial charge in [0.1, 0.15) is 6.04 Å². The van der Waals surface area contributed by atoms with Crippen molar-refractivity contribution in [3.63, 3.8) is 0 Å². The lowest BCUT2D eigenvalue weighted by atomic mass is 10.1. The van der Waals surface area contributed by atoms with E-state index in [1.54, 1.807) is 6.92 Å². The number of rotatable bonds is 3. The summed E-state index contributed by atoms with van der Waals surface area (Å²) in [6.07, 6.45) is 1.21. The zero-order valence-electron chi connectivity index (χ0n) is 9.97. The molecule has 2 unspecified atom stereocenters. The van der Waals surface area contributed by atoms with Crippen molar-refractivity contribution >= 4 is 11.6 Å². The van der Waals surface area contributed by atoms with Crippen molar-refractivity contribution in [1.82, 2.24) is 0 Å². The van der Waals surface area contributed by atoms with Crippen LogP contribution in [0.1, 0.15) is 31.4 Å². The maximum absolute atomic E-state index is 11.4. The van der Waals surface area contributed by atoms with Gasteiger partial charge in [0, 0.05) is 17.8 Å². The van der Waals surface area contributed by atoms with E-state index < -0.39 is 6.10 Å². The van der Waals surface area contributed by atoms with Crippen molar-refractivity contribution in [1.29, 1.82) is 0 Å². The molecule has 1 aromatic carbocycles. The Hall–Kier alpha value is -1.55. The number of anilines is 1. The van der Waals surface area contributed by atoms with E-state index in [4.69, 9.17) is 5.73 Å². The number of para-hydroxylation sites is 1. The minimum atomic E-state index is -0.541. The summed E-state index contributed by atoms with van der Waals surface area (Å²) in [6, 6.07) is 7.38. The summed E-state index contributed by atoms with van der Waals surface area (Å²) in [5.41, 5.74) is 7.18. The SMILES string of the molecule is CC(O)c1ccccc1N1CCCC1C(N)=O. The summed E-state index contributed by atoms with van der Waals surface area (Å²) in [6.45, 7) is 2.55. The predicted octanol–water partition coefficient (Wildman–Crippen LogP) is 1.19. The van der Waals surface area contributed by atoms with Gasteiger partial charge in [0.25, 0.3) is 0 Å². The summed E-state index contributed by atoms with van der Waals surface area (Å²) in [5, 5.41) is 9.75. The van der Waals surface area contributed by atoms with Crippen LogP contribution in [0.25, 0.3) is 0 Å². The van der Waals surface area contributed by atoms with Crippen molar-refractivity contribution in [3.05, 3.63) is 29.8 Å². The van der Waals surface area contributed by atoms with E-state index in [2.05, 4.69) is 0 Å². The summed E-state index contributed by atoms with van der Waals surface area (Å²) in [7, 11) is 0. The highest BCUT2D eigenvalue weighted by Gasteiger charge is 2.30. The quantitative estimate of drug-likeness (QED) is 0.825. The molecule has 1 amide bonds. The van der Waals surface area contributed by atoms with Crippen LogP contribution in [0.2, 0.25) is 0 Å². The maximum Gasteiger partial charge on any atom is 0.240 e. The van der Waals surface area contributed by atoms with Crippen molar-refractivity contribution in [3.8, 4) is 0 Å². The topological polar surface area (TPSA) is 66.6 Å². The number of hydrogen-bond donors (Lipinski definition) is 2. The van der Waals surface area contributed by atoms with Gasteiger partial charge in [-0.1, -0.05) is 18.2 Å². The number of benzene rings is 1. The molecule has 92 valence electrons. The Bertz CT molecular complexity index is 418. The lowest BCUT2D eigenvalue weighted by molar-refractivity contribution is -0.119.